The minimum Gasteiger partial charge on any atom is -0.508 e. The van der Waals surface area contributed by atoms with Gasteiger partial charge in [0, 0.05) is 37.7 Å². The molecule has 7 amide bonds. The van der Waals surface area contributed by atoms with Gasteiger partial charge in [-0.3, -0.25) is 43.3 Å². The lowest BCUT2D eigenvalue weighted by molar-refractivity contribution is -0.142. The number of aromatic amines is 1. The number of nitrogens with one attached hydrogen (secondary N) is 8. The minimum absolute atomic E-state index is 0.0223. The molecule has 74 heavy (non-hydrogen) atoms. The number of hydrogen-bond donors (Lipinski definition) is 14. The van der Waals surface area contributed by atoms with E-state index in [-0.39, 0.29) is 76.0 Å². The van der Waals surface area contributed by atoms with Crippen LogP contribution >= 0.6 is 0 Å². The molecular formula is C49H67N13O12. The Morgan fingerprint density at radius 3 is 1.72 bits per heavy atom. The number of phenols is 1. The van der Waals surface area contributed by atoms with Gasteiger partial charge in [0.05, 0.1) is 18.8 Å². The lowest BCUT2D eigenvalue weighted by Crippen LogP contribution is -2.66. The van der Waals surface area contributed by atoms with Crippen molar-refractivity contribution in [3.8, 4) is 5.75 Å². The van der Waals surface area contributed by atoms with E-state index < -0.39 is 107 Å². The molecule has 0 spiro atoms. The number of amides is 7. The molecule has 2 fully saturated rings. The highest BCUT2D eigenvalue weighted by Crippen LogP contribution is 2.32. The van der Waals surface area contributed by atoms with Crippen LogP contribution in [0.5, 0.6) is 5.75 Å². The summed E-state index contributed by atoms with van der Waals surface area (Å²) in [5.74, 6) is -8.47. The van der Waals surface area contributed by atoms with Gasteiger partial charge in [0.25, 0.3) is 0 Å². The largest absolute Gasteiger partial charge is 0.508 e. The zero-order chi connectivity index (χ0) is 54.0. The molecule has 2 saturated carbocycles. The maximum Gasteiger partial charge on any atom is 0.326 e. The number of nitrogens with two attached hydrogens (primary N) is 3. The first-order valence-electron chi connectivity index (χ1n) is 24.4. The number of carboxylic acid groups (broad SMARTS) is 2. The molecule has 3 aromatic rings. The number of H-pyrrole nitrogens is 1. The number of carbonyl (C=O) groups is 9. The van der Waals surface area contributed by atoms with Gasteiger partial charge in [0.2, 0.25) is 41.4 Å². The van der Waals surface area contributed by atoms with Crippen LogP contribution in [0, 0.1) is 0 Å². The van der Waals surface area contributed by atoms with Crippen molar-refractivity contribution in [1.29, 1.82) is 0 Å². The maximum absolute atomic E-state index is 14.7. The Hall–Kier alpha value is -8.09. The topological polar surface area (TPSA) is 418 Å². The van der Waals surface area contributed by atoms with E-state index in [1.54, 1.807) is 42.5 Å². The van der Waals surface area contributed by atoms with Crippen LogP contribution in [0.3, 0.4) is 0 Å². The van der Waals surface area contributed by atoms with Gasteiger partial charge in [-0.1, -0.05) is 68.1 Å². The number of guanidine groups is 1. The fourth-order valence-corrected chi connectivity index (χ4v) is 8.97. The highest BCUT2D eigenvalue weighted by molar-refractivity contribution is 6.00. The fourth-order valence-electron chi connectivity index (χ4n) is 8.97. The minimum atomic E-state index is -1.61. The van der Waals surface area contributed by atoms with E-state index in [1.165, 1.54) is 31.6 Å². The number of hydrogen-bond acceptors (Lipinski definition) is 13. The molecule has 2 aliphatic carbocycles. The van der Waals surface area contributed by atoms with E-state index in [0.717, 1.165) is 0 Å². The van der Waals surface area contributed by atoms with Crippen LogP contribution < -0.4 is 54.4 Å². The highest BCUT2D eigenvalue weighted by atomic mass is 16.4. The van der Waals surface area contributed by atoms with Crippen molar-refractivity contribution >= 4 is 59.2 Å². The van der Waals surface area contributed by atoms with Gasteiger partial charge >= 0.3 is 11.9 Å². The third kappa shape index (κ3) is 16.5. The summed E-state index contributed by atoms with van der Waals surface area (Å²) in [5.41, 5.74) is 15.1. The van der Waals surface area contributed by atoms with Gasteiger partial charge in [-0.2, -0.15) is 0 Å². The first kappa shape index (κ1) is 56.8. The SMILES string of the molecule is C[C@H](NC(=O)[C@H](Cc1cnc[nH]1)NC(=O)C1(NC(=O)[C@H](Cc2ccc(O)cc2)NC(=O)C2(NC(=O)[C@H](CCCN=C(N)N)NC(=O)[C@@H](N)CC(=O)O)CCCC2)CCCC1)C(=O)N[C@@H](Cc1ccccc1)C(=O)O. The van der Waals surface area contributed by atoms with Crippen molar-refractivity contribution in [2.45, 2.75) is 144 Å². The summed E-state index contributed by atoms with van der Waals surface area (Å²) in [7, 11) is 0. The monoisotopic (exact) mass is 1030 g/mol. The fraction of sp³-hybridized carbons (Fsp3) is 0.490. The number of nitrogens with zero attached hydrogens (tertiary/aromatic N) is 2. The van der Waals surface area contributed by atoms with Crippen molar-refractivity contribution < 1.29 is 58.5 Å². The normalized spacial score (nSPS) is 16.8. The Morgan fingerprint density at radius 1 is 0.662 bits per heavy atom. The molecule has 1 aromatic heterocycles. The number of carbonyl (C=O) groups excluding carboxylic acids is 7. The Morgan fingerprint density at radius 2 is 1.19 bits per heavy atom. The van der Waals surface area contributed by atoms with E-state index in [4.69, 9.17) is 17.2 Å². The number of aromatic nitrogens is 2. The number of carboxylic acids is 2. The maximum atomic E-state index is 14.7. The van der Waals surface area contributed by atoms with Crippen molar-refractivity contribution in [1.82, 2.24) is 47.2 Å². The van der Waals surface area contributed by atoms with Gasteiger partial charge in [0.1, 0.15) is 47.0 Å². The number of phenolic OH excluding ortho intramolecular Hbond substituents is 1. The van der Waals surface area contributed by atoms with Crippen molar-refractivity contribution in [3.63, 3.8) is 0 Å². The molecule has 17 N–H and O–H groups in total. The zero-order valence-electron chi connectivity index (χ0n) is 41.1. The number of aliphatic imine (C=N–C) groups is 1. The highest BCUT2D eigenvalue weighted by Gasteiger charge is 2.48. The standard InChI is InChI=1S/C49H67N13O12/c1-28(39(66)58-37(44(71)72)23-29-10-3-2-4-11-29)56-41(68)36(24-31-26-53-27-55-31)60-46(74)49(19-7-8-20-49)62-43(70)35(22-30-13-15-32(63)16-14-30)59-45(73)48(17-5-6-18-48)61-42(69)34(12-9-21-54-47(51)52)57-40(67)33(50)25-38(64)65/h2-4,10-11,13-16,26-28,33-37,63H,5-9,12,17-25,50H2,1H3,(H,53,55)(H,56,68)(H,57,67)(H,58,66)(H,59,73)(H,60,74)(H,61,69)(H,62,70)(H,64,65)(H,71,72)(H4,51,52,54)/t28-,33-,34-,35-,36-,37-/m0/s1. The molecule has 0 radical (unpaired) electrons. The molecule has 0 aliphatic heterocycles. The number of aromatic hydroxyl groups is 1. The average Bonchev–Trinajstić information content (AvgIpc) is 4.17. The third-order valence-corrected chi connectivity index (χ3v) is 13.1. The molecule has 0 unspecified atom stereocenters. The van der Waals surface area contributed by atoms with E-state index in [9.17, 15) is 58.5 Å². The second kappa shape index (κ2) is 26.6. The predicted octanol–water partition coefficient (Wildman–Crippen LogP) is -1.61. The second-order valence-electron chi connectivity index (χ2n) is 18.8. The van der Waals surface area contributed by atoms with E-state index in [0.29, 0.717) is 42.5 Å². The molecule has 6 atom stereocenters. The van der Waals surface area contributed by atoms with Crippen LogP contribution in [-0.4, -0.2) is 138 Å². The number of aliphatic carboxylic acids is 2. The van der Waals surface area contributed by atoms with Crippen LogP contribution in [0.15, 0.2) is 72.1 Å². The van der Waals surface area contributed by atoms with Crippen molar-refractivity contribution in [2.75, 3.05) is 6.54 Å². The summed E-state index contributed by atoms with van der Waals surface area (Å²) in [6.07, 6.45) is 4.42. The van der Waals surface area contributed by atoms with Gasteiger partial charge in [-0.15, -0.1) is 0 Å². The van der Waals surface area contributed by atoms with Crippen LogP contribution in [0.2, 0.25) is 0 Å². The quantitative estimate of drug-likeness (QED) is 0.0232. The second-order valence-corrected chi connectivity index (χ2v) is 18.8. The van der Waals surface area contributed by atoms with E-state index in [1.807, 2.05) is 0 Å². The van der Waals surface area contributed by atoms with Crippen LogP contribution in [0.25, 0.3) is 0 Å². The summed E-state index contributed by atoms with van der Waals surface area (Å²) >= 11 is 0. The van der Waals surface area contributed by atoms with Gasteiger partial charge in [-0.05, 0) is 68.7 Å². The zero-order valence-corrected chi connectivity index (χ0v) is 41.1. The molecule has 5 rings (SSSR count). The lowest BCUT2D eigenvalue weighted by Gasteiger charge is -2.35. The third-order valence-electron chi connectivity index (χ3n) is 13.1. The number of imidazole rings is 1. The molecule has 2 aromatic carbocycles. The molecule has 25 heteroatoms. The Kier molecular flexibility index (Phi) is 20.4. The summed E-state index contributed by atoms with van der Waals surface area (Å²) in [4.78, 5) is 133. The first-order valence-corrected chi connectivity index (χ1v) is 24.4. The molecule has 400 valence electrons. The van der Waals surface area contributed by atoms with Crippen LogP contribution in [0.4, 0.5) is 0 Å². The molecule has 25 nitrogen and oxygen atoms in total. The van der Waals surface area contributed by atoms with Crippen LogP contribution in [0.1, 0.15) is 94.4 Å². The van der Waals surface area contributed by atoms with Crippen LogP contribution in [-0.2, 0) is 62.4 Å². The van der Waals surface area contributed by atoms with Gasteiger partial charge in [0.15, 0.2) is 5.96 Å². The van der Waals surface area contributed by atoms with Crippen molar-refractivity contribution in [2.24, 2.45) is 22.2 Å². The number of benzene rings is 2. The Balaban J connectivity index is 1.36. The number of rotatable bonds is 27. The van der Waals surface area contributed by atoms with Crippen molar-refractivity contribution in [3.05, 3.63) is 83.9 Å². The summed E-state index contributed by atoms with van der Waals surface area (Å²) in [6.45, 7) is 1.44. The van der Waals surface area contributed by atoms with E-state index in [2.05, 4.69) is 52.2 Å². The lowest BCUT2D eigenvalue weighted by atomic mass is 9.92. The predicted molar refractivity (Wildman–Crippen MR) is 266 cm³/mol. The molecular weight excluding hydrogens is 963 g/mol. The Bertz CT molecular complexity index is 2470. The molecule has 2 aliphatic rings. The molecule has 0 saturated heterocycles. The summed E-state index contributed by atoms with van der Waals surface area (Å²) < 4.78 is 0. The average molecular weight is 1030 g/mol. The van der Waals surface area contributed by atoms with E-state index >= 15 is 0 Å². The summed E-state index contributed by atoms with van der Waals surface area (Å²) in [5, 5.41) is 47.9. The van der Waals surface area contributed by atoms with Gasteiger partial charge < -0.3 is 74.7 Å². The first-order chi connectivity index (χ1) is 35.2. The molecule has 0 bridgehead atoms. The Labute approximate surface area is 426 Å². The summed E-state index contributed by atoms with van der Waals surface area (Å²) in [6, 6.07) is 6.41. The smallest absolute Gasteiger partial charge is 0.326 e. The van der Waals surface area contributed by atoms with Gasteiger partial charge in [-0.25, -0.2) is 9.78 Å². The molecule has 1 heterocycles.